The fourth-order valence-corrected chi connectivity index (χ4v) is 5.27. The number of hydrogen-bond acceptors (Lipinski definition) is 3. The SMILES string of the molecule is CCC1CCCCCN1S(=O)(=O)c1cc(N)cc(Br)c1F. The van der Waals surface area contributed by atoms with E-state index >= 15 is 0 Å². The molecule has 7 heteroatoms. The Morgan fingerprint density at radius 2 is 2.10 bits per heavy atom. The predicted molar refractivity (Wildman–Crippen MR) is 85.0 cm³/mol. The van der Waals surface area contributed by atoms with E-state index in [1.54, 1.807) is 0 Å². The van der Waals surface area contributed by atoms with Crippen LogP contribution in [0, 0.1) is 5.82 Å². The summed E-state index contributed by atoms with van der Waals surface area (Å²) in [6.45, 7) is 2.40. The average molecular weight is 379 g/mol. The highest BCUT2D eigenvalue weighted by Gasteiger charge is 2.34. The molecule has 1 aromatic rings. The van der Waals surface area contributed by atoms with Crippen LogP contribution in [-0.4, -0.2) is 25.3 Å². The Morgan fingerprint density at radius 3 is 2.76 bits per heavy atom. The standard InChI is InChI=1S/C14H20BrFN2O2S/c1-2-11-6-4-3-5-7-18(11)21(19,20)13-9-10(17)8-12(15)14(13)16/h8-9,11H,2-7,17H2,1H3. The normalized spacial score (nSPS) is 21.2. The molecule has 0 saturated carbocycles. The summed E-state index contributed by atoms with van der Waals surface area (Å²) in [4.78, 5) is -0.338. The van der Waals surface area contributed by atoms with Gasteiger partial charge in [0.25, 0.3) is 0 Å². The number of halogens is 2. The highest BCUT2D eigenvalue weighted by Crippen LogP contribution is 2.31. The number of benzene rings is 1. The molecule has 0 aliphatic carbocycles. The number of rotatable bonds is 3. The molecule has 1 saturated heterocycles. The summed E-state index contributed by atoms with van der Waals surface area (Å²) in [6.07, 6.45) is 4.37. The summed E-state index contributed by atoms with van der Waals surface area (Å²) in [5.74, 6) is -0.775. The van der Waals surface area contributed by atoms with Crippen LogP contribution < -0.4 is 5.73 Å². The Labute approximate surface area is 133 Å². The Morgan fingerprint density at radius 1 is 1.38 bits per heavy atom. The minimum atomic E-state index is -3.87. The predicted octanol–water partition coefficient (Wildman–Crippen LogP) is 3.51. The molecule has 0 aromatic heterocycles. The molecule has 0 spiro atoms. The van der Waals surface area contributed by atoms with E-state index in [0.717, 1.165) is 32.1 Å². The van der Waals surface area contributed by atoms with Crippen LogP contribution >= 0.6 is 15.9 Å². The topological polar surface area (TPSA) is 63.4 Å². The number of nitrogens with two attached hydrogens (primary N) is 1. The average Bonchev–Trinajstić information content (AvgIpc) is 2.68. The Hall–Kier alpha value is -0.660. The van der Waals surface area contributed by atoms with Gasteiger partial charge in [-0.25, -0.2) is 12.8 Å². The van der Waals surface area contributed by atoms with Crippen molar-refractivity contribution in [1.29, 1.82) is 0 Å². The highest BCUT2D eigenvalue weighted by molar-refractivity contribution is 9.10. The van der Waals surface area contributed by atoms with Crippen molar-refractivity contribution in [3.8, 4) is 0 Å². The molecule has 2 rings (SSSR count). The van der Waals surface area contributed by atoms with Crippen LogP contribution in [0.25, 0.3) is 0 Å². The smallest absolute Gasteiger partial charge is 0.246 e. The fraction of sp³-hybridized carbons (Fsp3) is 0.571. The Balaban J connectivity index is 2.50. The summed E-state index contributed by atoms with van der Waals surface area (Å²) in [5, 5.41) is 0. The molecule has 1 fully saturated rings. The van der Waals surface area contributed by atoms with Crippen molar-refractivity contribution in [3.05, 3.63) is 22.4 Å². The molecule has 1 aliphatic heterocycles. The molecule has 1 aromatic carbocycles. The van der Waals surface area contributed by atoms with Gasteiger partial charge in [0.1, 0.15) is 4.90 Å². The van der Waals surface area contributed by atoms with E-state index in [9.17, 15) is 12.8 Å². The third-order valence-corrected chi connectivity index (χ3v) is 6.43. The number of sulfonamides is 1. The van der Waals surface area contributed by atoms with E-state index in [-0.39, 0.29) is 21.1 Å². The minimum absolute atomic E-state index is 0.0721. The fourth-order valence-electron chi connectivity index (χ4n) is 2.77. The van der Waals surface area contributed by atoms with Gasteiger partial charge in [-0.15, -0.1) is 0 Å². The van der Waals surface area contributed by atoms with Crippen LogP contribution in [0.3, 0.4) is 0 Å². The Kier molecular flexibility index (Phi) is 5.27. The summed E-state index contributed by atoms with van der Waals surface area (Å²) in [7, 11) is -3.87. The number of anilines is 1. The molecule has 21 heavy (non-hydrogen) atoms. The van der Waals surface area contributed by atoms with Crippen molar-refractivity contribution in [2.24, 2.45) is 0 Å². The maximum Gasteiger partial charge on any atom is 0.246 e. The third-order valence-electron chi connectivity index (χ3n) is 3.90. The lowest BCUT2D eigenvalue weighted by molar-refractivity contribution is 0.313. The van der Waals surface area contributed by atoms with Crippen LogP contribution in [0.2, 0.25) is 0 Å². The van der Waals surface area contributed by atoms with Crippen molar-refractivity contribution < 1.29 is 12.8 Å². The third kappa shape index (κ3) is 3.40. The second kappa shape index (κ2) is 6.62. The first-order chi connectivity index (χ1) is 9.87. The lowest BCUT2D eigenvalue weighted by Gasteiger charge is -2.28. The summed E-state index contributed by atoms with van der Waals surface area (Å²) >= 11 is 3.02. The van der Waals surface area contributed by atoms with Crippen molar-refractivity contribution in [2.45, 2.75) is 50.0 Å². The van der Waals surface area contributed by atoms with Crippen molar-refractivity contribution in [1.82, 2.24) is 4.31 Å². The monoisotopic (exact) mass is 378 g/mol. The maximum absolute atomic E-state index is 14.3. The second-order valence-corrected chi connectivity index (χ2v) is 8.06. The maximum atomic E-state index is 14.3. The van der Waals surface area contributed by atoms with Crippen LogP contribution in [0.5, 0.6) is 0 Å². The van der Waals surface area contributed by atoms with E-state index in [1.165, 1.54) is 16.4 Å². The van der Waals surface area contributed by atoms with Crippen molar-refractivity contribution >= 4 is 31.6 Å². The first-order valence-electron chi connectivity index (χ1n) is 7.14. The molecule has 1 heterocycles. The zero-order chi connectivity index (χ0) is 15.6. The van der Waals surface area contributed by atoms with Crippen LogP contribution in [0.15, 0.2) is 21.5 Å². The van der Waals surface area contributed by atoms with E-state index in [1.807, 2.05) is 6.92 Å². The minimum Gasteiger partial charge on any atom is -0.399 e. The molecule has 118 valence electrons. The molecule has 4 nitrogen and oxygen atoms in total. The zero-order valence-corrected chi connectivity index (χ0v) is 14.4. The van der Waals surface area contributed by atoms with E-state index in [0.29, 0.717) is 6.54 Å². The lowest BCUT2D eigenvalue weighted by Crippen LogP contribution is -2.40. The highest BCUT2D eigenvalue weighted by atomic mass is 79.9. The van der Waals surface area contributed by atoms with Gasteiger partial charge < -0.3 is 5.73 Å². The van der Waals surface area contributed by atoms with Gasteiger partial charge in [-0.05, 0) is 47.3 Å². The molecule has 1 atom stereocenters. The van der Waals surface area contributed by atoms with Gasteiger partial charge >= 0.3 is 0 Å². The van der Waals surface area contributed by atoms with Gasteiger partial charge in [0.05, 0.1) is 4.47 Å². The van der Waals surface area contributed by atoms with Crippen LogP contribution in [0.1, 0.15) is 39.0 Å². The first-order valence-corrected chi connectivity index (χ1v) is 9.37. The summed E-state index contributed by atoms with van der Waals surface area (Å²) < 4.78 is 41.5. The van der Waals surface area contributed by atoms with Crippen LogP contribution in [-0.2, 0) is 10.0 Å². The summed E-state index contributed by atoms with van der Waals surface area (Å²) in [6, 6.07) is 2.50. The molecular formula is C14H20BrFN2O2S. The molecule has 0 radical (unpaired) electrons. The largest absolute Gasteiger partial charge is 0.399 e. The van der Waals surface area contributed by atoms with Gasteiger partial charge in [-0.2, -0.15) is 4.31 Å². The lowest BCUT2D eigenvalue weighted by atomic mass is 10.1. The van der Waals surface area contributed by atoms with Gasteiger partial charge in [0.15, 0.2) is 5.82 Å². The molecule has 0 bridgehead atoms. The number of nitrogens with zero attached hydrogens (tertiary/aromatic N) is 1. The molecular weight excluding hydrogens is 359 g/mol. The zero-order valence-electron chi connectivity index (χ0n) is 12.0. The summed E-state index contributed by atoms with van der Waals surface area (Å²) in [5.41, 5.74) is 5.90. The van der Waals surface area contributed by atoms with Gasteiger partial charge in [0.2, 0.25) is 10.0 Å². The molecule has 2 N–H and O–H groups in total. The van der Waals surface area contributed by atoms with Gasteiger partial charge in [-0.3, -0.25) is 0 Å². The molecule has 1 unspecified atom stereocenters. The van der Waals surface area contributed by atoms with E-state index in [2.05, 4.69) is 15.9 Å². The van der Waals surface area contributed by atoms with E-state index in [4.69, 9.17) is 5.73 Å². The first kappa shape index (κ1) is 16.7. The number of nitrogen functional groups attached to an aromatic ring is 1. The quantitative estimate of drug-likeness (QED) is 0.818. The Bertz CT molecular complexity index is 622. The van der Waals surface area contributed by atoms with Crippen LogP contribution in [0.4, 0.5) is 10.1 Å². The van der Waals surface area contributed by atoms with Gasteiger partial charge in [-0.1, -0.05) is 19.8 Å². The molecule has 0 amide bonds. The van der Waals surface area contributed by atoms with Crippen molar-refractivity contribution in [2.75, 3.05) is 12.3 Å². The second-order valence-electron chi connectivity index (χ2n) is 5.34. The van der Waals surface area contributed by atoms with E-state index < -0.39 is 15.8 Å². The number of hydrogen-bond donors (Lipinski definition) is 1. The van der Waals surface area contributed by atoms with Gasteiger partial charge in [0, 0.05) is 18.3 Å². The van der Waals surface area contributed by atoms with Crippen molar-refractivity contribution in [3.63, 3.8) is 0 Å². The molecule has 1 aliphatic rings.